The van der Waals surface area contributed by atoms with Gasteiger partial charge in [-0.3, -0.25) is 14.5 Å². The summed E-state index contributed by atoms with van der Waals surface area (Å²) in [6.07, 6.45) is 4.18. The van der Waals surface area contributed by atoms with Crippen molar-refractivity contribution in [3.63, 3.8) is 0 Å². The van der Waals surface area contributed by atoms with Crippen molar-refractivity contribution >= 4 is 17.5 Å². The number of carbonyl (C=O) groups is 2. The fourth-order valence-electron chi connectivity index (χ4n) is 4.77. The van der Waals surface area contributed by atoms with Gasteiger partial charge in [-0.2, -0.15) is 0 Å². The second-order valence-corrected chi connectivity index (χ2v) is 8.72. The third-order valence-electron chi connectivity index (χ3n) is 6.63. The van der Waals surface area contributed by atoms with Crippen molar-refractivity contribution in [2.75, 3.05) is 44.2 Å². The van der Waals surface area contributed by atoms with Crippen LogP contribution in [0.3, 0.4) is 0 Å². The number of amides is 2. The molecule has 2 aromatic carbocycles. The van der Waals surface area contributed by atoms with Crippen LogP contribution in [0.1, 0.15) is 6.42 Å². The van der Waals surface area contributed by atoms with Crippen molar-refractivity contribution < 1.29 is 9.59 Å². The smallest absolute Gasteiger partial charge is 0.228 e. The van der Waals surface area contributed by atoms with E-state index in [0.29, 0.717) is 26.1 Å². The molecule has 0 aliphatic carbocycles. The summed E-state index contributed by atoms with van der Waals surface area (Å²) in [5.74, 6) is 0.886. The van der Waals surface area contributed by atoms with Crippen molar-refractivity contribution in [3.05, 3.63) is 73.1 Å². The average Bonchev–Trinajstić information content (AvgIpc) is 3.50. The molecule has 1 atom stereocenters. The number of benzene rings is 2. The molecule has 3 heterocycles. The number of aromatic nitrogens is 2. The number of para-hydroxylation sites is 1. The van der Waals surface area contributed by atoms with E-state index in [0.717, 1.165) is 43.3 Å². The Bertz CT molecular complexity index is 1090. The van der Waals surface area contributed by atoms with Gasteiger partial charge < -0.3 is 14.4 Å². The Hall–Kier alpha value is -3.45. The molecule has 7 nitrogen and oxygen atoms in total. The van der Waals surface area contributed by atoms with E-state index < -0.39 is 0 Å². The Morgan fingerprint density at radius 3 is 2.33 bits per heavy atom. The molecule has 0 saturated carbocycles. The highest BCUT2D eigenvalue weighted by Gasteiger charge is 2.37. The number of rotatable bonds is 6. The topological polar surface area (TPSA) is 61.7 Å². The average molecular weight is 444 g/mol. The minimum absolute atomic E-state index is 0.0349. The minimum Gasteiger partial charge on any atom is -0.340 e. The van der Waals surface area contributed by atoms with Gasteiger partial charge in [-0.25, -0.2) is 4.98 Å². The molecule has 1 aromatic heterocycles. The molecular formula is C26H29N5O2. The van der Waals surface area contributed by atoms with E-state index in [1.165, 1.54) is 0 Å². The summed E-state index contributed by atoms with van der Waals surface area (Å²) >= 11 is 0. The van der Waals surface area contributed by atoms with Crippen molar-refractivity contribution in [3.8, 4) is 11.4 Å². The SMILES string of the molecule is O=C(C1CC(=O)N(c2ccccc2)C1)N1CCN(CCn2ccnc2-c2ccccc2)CC1. The van der Waals surface area contributed by atoms with Crippen LogP contribution in [-0.2, 0) is 16.1 Å². The number of hydrogen-bond donors (Lipinski definition) is 0. The number of piperazine rings is 1. The van der Waals surface area contributed by atoms with Gasteiger partial charge in [0.2, 0.25) is 11.8 Å². The molecule has 1 unspecified atom stereocenters. The summed E-state index contributed by atoms with van der Waals surface area (Å²) < 4.78 is 2.19. The molecule has 2 aliphatic rings. The molecule has 2 amide bonds. The predicted molar refractivity (Wildman–Crippen MR) is 128 cm³/mol. The van der Waals surface area contributed by atoms with Gasteiger partial charge in [0.15, 0.2) is 0 Å². The first-order valence-corrected chi connectivity index (χ1v) is 11.6. The fraction of sp³-hybridized carbons (Fsp3) is 0.346. The molecule has 5 rings (SSSR count). The van der Waals surface area contributed by atoms with E-state index in [2.05, 4.69) is 26.6 Å². The van der Waals surface area contributed by atoms with Crippen LogP contribution in [-0.4, -0.2) is 70.4 Å². The van der Waals surface area contributed by atoms with Crippen molar-refractivity contribution in [1.82, 2.24) is 19.4 Å². The van der Waals surface area contributed by atoms with E-state index in [9.17, 15) is 9.59 Å². The van der Waals surface area contributed by atoms with E-state index in [1.807, 2.05) is 65.8 Å². The summed E-state index contributed by atoms with van der Waals surface area (Å²) in [5, 5.41) is 0. The summed E-state index contributed by atoms with van der Waals surface area (Å²) in [5.41, 5.74) is 1.99. The van der Waals surface area contributed by atoms with E-state index in [1.54, 1.807) is 4.90 Å². The lowest BCUT2D eigenvalue weighted by atomic mass is 10.1. The summed E-state index contributed by atoms with van der Waals surface area (Å²) in [6.45, 7) is 5.39. The minimum atomic E-state index is -0.247. The Morgan fingerprint density at radius 2 is 1.61 bits per heavy atom. The van der Waals surface area contributed by atoms with Crippen LogP contribution in [0, 0.1) is 5.92 Å². The Labute approximate surface area is 194 Å². The number of anilines is 1. The maximum absolute atomic E-state index is 13.1. The van der Waals surface area contributed by atoms with Gasteiger partial charge in [-0.05, 0) is 12.1 Å². The van der Waals surface area contributed by atoms with Crippen LogP contribution >= 0.6 is 0 Å². The summed E-state index contributed by atoms with van der Waals surface area (Å²) in [6, 6.07) is 19.8. The molecule has 2 aliphatic heterocycles. The third kappa shape index (κ3) is 4.68. The maximum atomic E-state index is 13.1. The van der Waals surface area contributed by atoms with Crippen molar-refractivity contribution in [1.29, 1.82) is 0 Å². The third-order valence-corrected chi connectivity index (χ3v) is 6.63. The first-order chi connectivity index (χ1) is 16.2. The Balaban J connectivity index is 1.12. The van der Waals surface area contributed by atoms with Crippen molar-refractivity contribution in [2.24, 2.45) is 5.92 Å². The van der Waals surface area contributed by atoms with Gasteiger partial charge in [0.25, 0.3) is 0 Å². The Kier molecular flexibility index (Phi) is 6.21. The monoisotopic (exact) mass is 443 g/mol. The van der Waals surface area contributed by atoms with E-state index in [-0.39, 0.29) is 17.7 Å². The zero-order valence-corrected chi connectivity index (χ0v) is 18.7. The van der Waals surface area contributed by atoms with Crippen molar-refractivity contribution in [2.45, 2.75) is 13.0 Å². The zero-order chi connectivity index (χ0) is 22.6. The molecule has 2 saturated heterocycles. The van der Waals surface area contributed by atoms with Crippen LogP contribution in [0.5, 0.6) is 0 Å². The van der Waals surface area contributed by atoms with E-state index in [4.69, 9.17) is 0 Å². The molecule has 33 heavy (non-hydrogen) atoms. The number of imidazole rings is 1. The molecule has 0 bridgehead atoms. The largest absolute Gasteiger partial charge is 0.340 e. The number of hydrogen-bond acceptors (Lipinski definition) is 4. The van der Waals surface area contributed by atoms with Gasteiger partial charge >= 0.3 is 0 Å². The van der Waals surface area contributed by atoms with Crippen LogP contribution in [0.4, 0.5) is 5.69 Å². The highest BCUT2D eigenvalue weighted by molar-refractivity contribution is 6.00. The maximum Gasteiger partial charge on any atom is 0.228 e. The lowest BCUT2D eigenvalue weighted by Crippen LogP contribution is -2.51. The highest BCUT2D eigenvalue weighted by Crippen LogP contribution is 2.26. The van der Waals surface area contributed by atoms with Gasteiger partial charge in [-0.15, -0.1) is 0 Å². The van der Waals surface area contributed by atoms with Gasteiger partial charge in [0, 0.05) is 75.9 Å². The molecule has 7 heteroatoms. The van der Waals surface area contributed by atoms with Gasteiger partial charge in [-0.1, -0.05) is 48.5 Å². The van der Waals surface area contributed by atoms with Crippen LogP contribution in [0.25, 0.3) is 11.4 Å². The molecular weight excluding hydrogens is 414 g/mol. The Morgan fingerprint density at radius 1 is 0.909 bits per heavy atom. The first kappa shape index (κ1) is 21.4. The van der Waals surface area contributed by atoms with Gasteiger partial charge in [0.1, 0.15) is 5.82 Å². The van der Waals surface area contributed by atoms with Crippen LogP contribution in [0.15, 0.2) is 73.1 Å². The number of carbonyl (C=O) groups excluding carboxylic acids is 2. The summed E-state index contributed by atoms with van der Waals surface area (Å²) in [4.78, 5) is 36.2. The molecule has 3 aromatic rings. The second kappa shape index (κ2) is 9.58. The lowest BCUT2D eigenvalue weighted by molar-refractivity contribution is -0.137. The number of nitrogens with zero attached hydrogens (tertiary/aromatic N) is 5. The first-order valence-electron chi connectivity index (χ1n) is 11.6. The zero-order valence-electron chi connectivity index (χ0n) is 18.7. The molecule has 170 valence electrons. The molecule has 0 N–H and O–H groups in total. The predicted octanol–water partition coefficient (Wildman–Crippen LogP) is 2.75. The standard InChI is InChI=1S/C26H29N5O2/c32-24-19-22(20-31(24)23-9-5-2-6-10-23)26(33)30-17-14-28(15-18-30)13-16-29-12-11-27-25(29)21-7-3-1-4-8-21/h1-12,22H,13-20H2. The summed E-state index contributed by atoms with van der Waals surface area (Å²) in [7, 11) is 0. The fourth-order valence-corrected chi connectivity index (χ4v) is 4.77. The normalized spacial score (nSPS) is 19.3. The molecule has 0 spiro atoms. The second-order valence-electron chi connectivity index (χ2n) is 8.72. The molecule has 2 fully saturated rings. The highest BCUT2D eigenvalue weighted by atomic mass is 16.2. The quantitative estimate of drug-likeness (QED) is 0.588. The lowest BCUT2D eigenvalue weighted by Gasteiger charge is -2.36. The van der Waals surface area contributed by atoms with E-state index >= 15 is 0 Å². The molecule has 0 radical (unpaired) electrons. The van der Waals surface area contributed by atoms with Crippen LogP contribution in [0.2, 0.25) is 0 Å². The van der Waals surface area contributed by atoms with Crippen LogP contribution < -0.4 is 4.90 Å². The van der Waals surface area contributed by atoms with Gasteiger partial charge in [0.05, 0.1) is 5.92 Å².